The molecule has 2 aromatic heterocycles. The fourth-order valence-corrected chi connectivity index (χ4v) is 2.47. The minimum atomic E-state index is -0.145. The lowest BCUT2D eigenvalue weighted by molar-refractivity contribution is -0.125. The van der Waals surface area contributed by atoms with Crippen LogP contribution in [-0.2, 0) is 11.3 Å². The van der Waals surface area contributed by atoms with Crippen molar-refractivity contribution < 1.29 is 9.59 Å². The molecule has 0 aliphatic rings. The minimum absolute atomic E-state index is 0.142. The molecule has 26 heavy (non-hydrogen) atoms. The second kappa shape index (κ2) is 7.60. The Labute approximate surface area is 151 Å². The molecule has 1 N–H and O–H groups in total. The predicted molar refractivity (Wildman–Crippen MR) is 98.3 cm³/mol. The predicted octanol–water partition coefficient (Wildman–Crippen LogP) is 1.76. The molecular formula is C19H19N5O2. The number of fused-ring (bicyclic) bond motifs is 1. The molecule has 0 saturated carbocycles. The van der Waals surface area contributed by atoms with Gasteiger partial charge in [-0.05, 0) is 35.9 Å². The Kier molecular flexibility index (Phi) is 5.07. The van der Waals surface area contributed by atoms with E-state index in [1.165, 1.54) is 6.08 Å². The van der Waals surface area contributed by atoms with Crippen molar-refractivity contribution in [2.45, 2.75) is 6.54 Å². The summed E-state index contributed by atoms with van der Waals surface area (Å²) in [4.78, 5) is 25.4. The summed E-state index contributed by atoms with van der Waals surface area (Å²) < 4.78 is 1.85. The number of rotatable bonds is 5. The van der Waals surface area contributed by atoms with Crippen LogP contribution >= 0.6 is 0 Å². The van der Waals surface area contributed by atoms with Crippen LogP contribution in [0.2, 0.25) is 0 Å². The lowest BCUT2D eigenvalue weighted by atomic mass is 10.1. The van der Waals surface area contributed by atoms with E-state index in [-0.39, 0.29) is 11.8 Å². The minimum Gasteiger partial charge on any atom is -0.355 e. The molecule has 7 heteroatoms. The van der Waals surface area contributed by atoms with Crippen LogP contribution in [0.25, 0.3) is 11.7 Å². The van der Waals surface area contributed by atoms with Crippen LogP contribution in [0, 0.1) is 0 Å². The van der Waals surface area contributed by atoms with Crippen LogP contribution in [0.15, 0.2) is 54.7 Å². The zero-order chi connectivity index (χ0) is 18.5. The topological polar surface area (TPSA) is 79.6 Å². The number of carbonyl (C=O) groups is 2. The Morgan fingerprint density at radius 1 is 1.15 bits per heavy atom. The zero-order valence-corrected chi connectivity index (χ0v) is 14.6. The third-order valence-electron chi connectivity index (χ3n) is 3.96. The Morgan fingerprint density at radius 2 is 1.92 bits per heavy atom. The fourth-order valence-electron chi connectivity index (χ4n) is 2.47. The van der Waals surface area contributed by atoms with Crippen LogP contribution in [-0.4, -0.2) is 45.4 Å². The average Bonchev–Trinajstić information content (AvgIpc) is 3.08. The molecule has 0 unspecified atom stereocenters. The highest BCUT2D eigenvalue weighted by Gasteiger charge is 2.11. The van der Waals surface area contributed by atoms with Gasteiger partial charge >= 0.3 is 0 Å². The molecular weight excluding hydrogens is 330 g/mol. The van der Waals surface area contributed by atoms with Crippen molar-refractivity contribution in [1.29, 1.82) is 0 Å². The molecule has 7 nitrogen and oxygen atoms in total. The lowest BCUT2D eigenvalue weighted by Crippen LogP contribution is -2.25. The van der Waals surface area contributed by atoms with Gasteiger partial charge in [-0.25, -0.2) is 0 Å². The van der Waals surface area contributed by atoms with E-state index in [1.807, 2.05) is 28.8 Å². The first-order chi connectivity index (χ1) is 12.6. The van der Waals surface area contributed by atoms with Crippen LogP contribution < -0.4 is 5.32 Å². The summed E-state index contributed by atoms with van der Waals surface area (Å²) in [6.07, 6.45) is 5.08. The molecule has 3 aromatic rings. The monoisotopic (exact) mass is 349 g/mol. The maximum atomic E-state index is 12.3. The molecule has 132 valence electrons. The molecule has 1 aromatic carbocycles. The first-order valence-corrected chi connectivity index (χ1v) is 8.12. The van der Waals surface area contributed by atoms with Crippen LogP contribution in [0.5, 0.6) is 0 Å². The van der Waals surface area contributed by atoms with Gasteiger partial charge in [-0.2, -0.15) is 0 Å². The molecule has 2 amide bonds. The van der Waals surface area contributed by atoms with Crippen molar-refractivity contribution in [2.24, 2.45) is 0 Å². The van der Waals surface area contributed by atoms with Crippen molar-refractivity contribution >= 4 is 23.5 Å². The summed E-state index contributed by atoms with van der Waals surface area (Å²) in [5.41, 5.74) is 2.16. The zero-order valence-electron chi connectivity index (χ0n) is 14.6. The van der Waals surface area contributed by atoms with Gasteiger partial charge in [-0.3, -0.25) is 14.0 Å². The van der Waals surface area contributed by atoms with Gasteiger partial charge in [0.2, 0.25) is 5.91 Å². The van der Waals surface area contributed by atoms with Gasteiger partial charge in [-0.1, -0.05) is 18.2 Å². The maximum Gasteiger partial charge on any atom is 0.251 e. The summed E-state index contributed by atoms with van der Waals surface area (Å²) >= 11 is 0. The number of carbonyl (C=O) groups excluding carboxylic acids is 2. The fraction of sp³-hybridized carbons (Fsp3) is 0.158. The van der Waals surface area contributed by atoms with Gasteiger partial charge in [-0.15, -0.1) is 10.2 Å². The molecule has 3 rings (SSSR count). The van der Waals surface area contributed by atoms with Gasteiger partial charge in [0.25, 0.3) is 5.91 Å². The Hall–Kier alpha value is -3.48. The molecule has 2 heterocycles. The highest BCUT2D eigenvalue weighted by Crippen LogP contribution is 2.08. The standard InChI is InChI=1S/C19H19N5O2/c1-20-19(26)15-9-6-14(7-10-15)8-11-18(25)23(2)13-17-22-21-16-5-3-4-12-24(16)17/h3-12H,13H2,1-2H3,(H,20,26)/b11-8-. The number of hydrogen-bond acceptors (Lipinski definition) is 4. The summed E-state index contributed by atoms with van der Waals surface area (Å²) in [5, 5.41) is 10.8. The van der Waals surface area contributed by atoms with E-state index in [1.54, 1.807) is 49.3 Å². The lowest BCUT2D eigenvalue weighted by Gasteiger charge is -2.13. The van der Waals surface area contributed by atoms with Gasteiger partial charge < -0.3 is 10.2 Å². The molecule has 0 saturated heterocycles. The highest BCUT2D eigenvalue weighted by atomic mass is 16.2. The van der Waals surface area contributed by atoms with E-state index in [9.17, 15) is 9.59 Å². The second-order valence-electron chi connectivity index (χ2n) is 5.77. The number of pyridine rings is 1. The van der Waals surface area contributed by atoms with Crippen LogP contribution in [0.1, 0.15) is 21.7 Å². The molecule has 0 aliphatic carbocycles. The van der Waals surface area contributed by atoms with E-state index in [0.717, 1.165) is 11.2 Å². The number of hydrogen-bond donors (Lipinski definition) is 1. The first-order valence-electron chi connectivity index (χ1n) is 8.12. The number of aromatic nitrogens is 3. The summed E-state index contributed by atoms with van der Waals surface area (Å²) in [7, 11) is 3.30. The van der Waals surface area contributed by atoms with Gasteiger partial charge in [0.15, 0.2) is 11.5 Å². The van der Waals surface area contributed by atoms with Crippen molar-refractivity contribution in [3.05, 3.63) is 71.7 Å². The quantitative estimate of drug-likeness (QED) is 0.712. The smallest absolute Gasteiger partial charge is 0.251 e. The number of benzene rings is 1. The number of nitrogens with one attached hydrogen (secondary N) is 1. The highest BCUT2D eigenvalue weighted by molar-refractivity contribution is 5.94. The normalized spacial score (nSPS) is 11.0. The SMILES string of the molecule is CNC(=O)c1ccc(/C=C\C(=O)N(C)Cc2nnc3ccccn23)cc1. The average molecular weight is 349 g/mol. The Balaban J connectivity index is 1.65. The largest absolute Gasteiger partial charge is 0.355 e. The van der Waals surface area contributed by atoms with Crippen molar-refractivity contribution in [3.63, 3.8) is 0 Å². The third-order valence-corrected chi connectivity index (χ3v) is 3.96. The van der Waals surface area contributed by atoms with E-state index in [4.69, 9.17) is 0 Å². The van der Waals surface area contributed by atoms with Gasteiger partial charge in [0, 0.05) is 31.9 Å². The second-order valence-corrected chi connectivity index (χ2v) is 5.77. The van der Waals surface area contributed by atoms with E-state index in [2.05, 4.69) is 15.5 Å². The Bertz CT molecular complexity index is 959. The van der Waals surface area contributed by atoms with E-state index < -0.39 is 0 Å². The van der Waals surface area contributed by atoms with Crippen LogP contribution in [0.4, 0.5) is 0 Å². The third kappa shape index (κ3) is 3.77. The summed E-state index contributed by atoms with van der Waals surface area (Å²) in [6, 6.07) is 12.7. The molecule has 0 bridgehead atoms. The van der Waals surface area contributed by atoms with Crippen molar-refractivity contribution in [1.82, 2.24) is 24.8 Å². The molecule has 0 fully saturated rings. The van der Waals surface area contributed by atoms with E-state index >= 15 is 0 Å². The summed E-state index contributed by atoms with van der Waals surface area (Å²) in [5.74, 6) is 0.407. The number of nitrogens with zero attached hydrogens (tertiary/aromatic N) is 4. The molecule has 0 radical (unpaired) electrons. The molecule has 0 spiro atoms. The van der Waals surface area contributed by atoms with Crippen molar-refractivity contribution in [2.75, 3.05) is 14.1 Å². The molecule has 0 atom stereocenters. The maximum absolute atomic E-state index is 12.3. The van der Waals surface area contributed by atoms with E-state index in [0.29, 0.717) is 17.9 Å². The number of likely N-dealkylation sites (N-methyl/N-ethyl adjacent to an activating group) is 1. The Morgan fingerprint density at radius 3 is 2.65 bits per heavy atom. The number of amides is 2. The van der Waals surface area contributed by atoms with Crippen molar-refractivity contribution in [3.8, 4) is 0 Å². The summed E-state index contributed by atoms with van der Waals surface area (Å²) in [6.45, 7) is 0.351. The molecule has 0 aliphatic heterocycles. The first kappa shape index (κ1) is 17.3. The van der Waals surface area contributed by atoms with Gasteiger partial charge in [0.1, 0.15) is 0 Å². The van der Waals surface area contributed by atoms with Gasteiger partial charge in [0.05, 0.1) is 6.54 Å². The van der Waals surface area contributed by atoms with Crippen LogP contribution in [0.3, 0.4) is 0 Å².